The monoisotopic (exact) mass is 209 g/mol. The average Bonchev–Trinajstić information content (AvgIpc) is 2.13. The third kappa shape index (κ3) is 2.87. The number of phenols is 1. The number of phenolic OH excluding ortho intramolecular Hbond substituents is 1. The van der Waals surface area contributed by atoms with Crippen molar-refractivity contribution >= 4 is 11.6 Å². The number of benzene rings is 1. The second-order valence-corrected chi connectivity index (χ2v) is 3.25. The Labute approximate surface area is 88.9 Å². The minimum atomic E-state index is -0.195. The fourth-order valence-electron chi connectivity index (χ4n) is 1.23. The molecular formula is C11H15NO3. The Kier molecular flexibility index (Phi) is 3.55. The molecule has 0 fully saturated rings. The van der Waals surface area contributed by atoms with Crippen LogP contribution in [-0.4, -0.2) is 17.6 Å². The molecule has 0 radical (unpaired) electrons. The normalized spacial score (nSPS) is 9.80. The van der Waals surface area contributed by atoms with Crippen LogP contribution in [0, 0.1) is 6.92 Å². The van der Waals surface area contributed by atoms with Crippen molar-refractivity contribution in [3.8, 4) is 11.5 Å². The molecular weight excluding hydrogens is 194 g/mol. The zero-order valence-electron chi connectivity index (χ0n) is 9.13. The van der Waals surface area contributed by atoms with Crippen LogP contribution >= 0.6 is 0 Å². The van der Waals surface area contributed by atoms with E-state index in [2.05, 4.69) is 5.32 Å². The number of anilines is 1. The highest BCUT2D eigenvalue weighted by atomic mass is 16.5. The Morgan fingerprint density at radius 1 is 1.53 bits per heavy atom. The molecule has 1 amide bonds. The number of aryl methyl sites for hydroxylation is 1. The number of amides is 1. The molecule has 1 rings (SSSR count). The zero-order valence-corrected chi connectivity index (χ0v) is 9.13. The highest BCUT2D eigenvalue weighted by Crippen LogP contribution is 2.31. The number of hydrogen-bond donors (Lipinski definition) is 2. The van der Waals surface area contributed by atoms with Gasteiger partial charge in [0.15, 0.2) is 0 Å². The molecule has 1 aromatic rings. The van der Waals surface area contributed by atoms with Crippen molar-refractivity contribution in [2.24, 2.45) is 0 Å². The third-order valence-corrected chi connectivity index (χ3v) is 1.91. The van der Waals surface area contributed by atoms with E-state index in [-0.39, 0.29) is 11.7 Å². The Balaban J connectivity index is 3.09. The summed E-state index contributed by atoms with van der Waals surface area (Å²) in [6.45, 7) is 5.55. The Bertz CT molecular complexity index is 374. The minimum Gasteiger partial charge on any atom is -0.508 e. The highest BCUT2D eigenvalue weighted by molar-refractivity contribution is 5.90. The predicted octanol–water partition coefficient (Wildman–Crippen LogP) is 2.06. The first-order valence-electron chi connectivity index (χ1n) is 4.78. The van der Waals surface area contributed by atoms with Gasteiger partial charge < -0.3 is 15.2 Å². The lowest BCUT2D eigenvalue weighted by Crippen LogP contribution is -2.08. The van der Waals surface area contributed by atoms with Gasteiger partial charge in [-0.05, 0) is 25.5 Å². The van der Waals surface area contributed by atoms with E-state index in [4.69, 9.17) is 4.74 Å². The topological polar surface area (TPSA) is 58.6 Å². The highest BCUT2D eigenvalue weighted by Gasteiger charge is 2.08. The predicted molar refractivity (Wildman–Crippen MR) is 58.3 cm³/mol. The van der Waals surface area contributed by atoms with Crippen LogP contribution in [0.3, 0.4) is 0 Å². The van der Waals surface area contributed by atoms with Crippen LogP contribution in [0.1, 0.15) is 19.4 Å². The summed E-state index contributed by atoms with van der Waals surface area (Å²) in [6, 6.07) is 3.19. The van der Waals surface area contributed by atoms with E-state index in [9.17, 15) is 9.90 Å². The molecule has 0 aromatic heterocycles. The number of nitrogens with one attached hydrogen (secondary N) is 1. The lowest BCUT2D eigenvalue weighted by molar-refractivity contribution is -0.114. The lowest BCUT2D eigenvalue weighted by atomic mass is 10.2. The number of carbonyl (C=O) groups is 1. The summed E-state index contributed by atoms with van der Waals surface area (Å²) in [5.41, 5.74) is 1.21. The molecule has 0 heterocycles. The standard InChI is InChI=1S/C11H15NO3/c1-4-15-11-5-7(2)10(14)6-9(11)12-8(3)13/h5-6,14H,4H2,1-3H3,(H,12,13). The van der Waals surface area contributed by atoms with Gasteiger partial charge in [0.05, 0.1) is 12.3 Å². The summed E-state index contributed by atoms with van der Waals surface area (Å²) in [5, 5.41) is 12.1. The maximum atomic E-state index is 10.9. The molecule has 0 aliphatic rings. The molecule has 0 bridgehead atoms. The molecule has 4 nitrogen and oxygen atoms in total. The van der Waals surface area contributed by atoms with E-state index in [1.165, 1.54) is 13.0 Å². The molecule has 0 saturated heterocycles. The fourth-order valence-corrected chi connectivity index (χ4v) is 1.23. The van der Waals surface area contributed by atoms with Gasteiger partial charge in [0.25, 0.3) is 0 Å². The summed E-state index contributed by atoms with van der Waals surface area (Å²) in [4.78, 5) is 10.9. The SMILES string of the molecule is CCOc1cc(C)c(O)cc1NC(C)=O. The molecule has 15 heavy (non-hydrogen) atoms. The first kappa shape index (κ1) is 11.4. The van der Waals surface area contributed by atoms with Crippen LogP contribution < -0.4 is 10.1 Å². The van der Waals surface area contributed by atoms with Gasteiger partial charge in [-0.15, -0.1) is 0 Å². The minimum absolute atomic E-state index is 0.141. The van der Waals surface area contributed by atoms with Crippen LogP contribution in [0.15, 0.2) is 12.1 Å². The first-order valence-corrected chi connectivity index (χ1v) is 4.78. The maximum absolute atomic E-state index is 10.9. The smallest absolute Gasteiger partial charge is 0.221 e. The van der Waals surface area contributed by atoms with Crippen molar-refractivity contribution in [2.75, 3.05) is 11.9 Å². The summed E-state index contributed by atoms with van der Waals surface area (Å²) >= 11 is 0. The molecule has 2 N–H and O–H groups in total. The number of carbonyl (C=O) groups excluding carboxylic acids is 1. The summed E-state index contributed by atoms with van der Waals surface area (Å²) < 4.78 is 5.35. The Morgan fingerprint density at radius 2 is 2.20 bits per heavy atom. The van der Waals surface area contributed by atoms with Gasteiger partial charge in [0.1, 0.15) is 11.5 Å². The Morgan fingerprint density at radius 3 is 2.73 bits per heavy atom. The first-order chi connectivity index (χ1) is 7.04. The van der Waals surface area contributed by atoms with E-state index < -0.39 is 0 Å². The fraction of sp³-hybridized carbons (Fsp3) is 0.364. The van der Waals surface area contributed by atoms with Gasteiger partial charge in [0.2, 0.25) is 5.91 Å². The number of hydrogen-bond acceptors (Lipinski definition) is 3. The molecule has 82 valence electrons. The van der Waals surface area contributed by atoms with E-state index in [0.29, 0.717) is 23.6 Å². The molecule has 0 aliphatic carbocycles. The largest absolute Gasteiger partial charge is 0.508 e. The Hall–Kier alpha value is -1.71. The number of ether oxygens (including phenoxy) is 1. The van der Waals surface area contributed by atoms with Crippen molar-refractivity contribution < 1.29 is 14.6 Å². The van der Waals surface area contributed by atoms with Crippen LogP contribution in [-0.2, 0) is 4.79 Å². The van der Waals surface area contributed by atoms with Crippen LogP contribution in [0.4, 0.5) is 5.69 Å². The van der Waals surface area contributed by atoms with Gasteiger partial charge in [-0.2, -0.15) is 0 Å². The van der Waals surface area contributed by atoms with Gasteiger partial charge >= 0.3 is 0 Å². The van der Waals surface area contributed by atoms with Crippen molar-refractivity contribution in [1.82, 2.24) is 0 Å². The van der Waals surface area contributed by atoms with Crippen molar-refractivity contribution in [3.63, 3.8) is 0 Å². The summed E-state index contributed by atoms with van der Waals surface area (Å²) in [7, 11) is 0. The molecule has 0 spiro atoms. The lowest BCUT2D eigenvalue weighted by Gasteiger charge is -2.12. The summed E-state index contributed by atoms with van der Waals surface area (Å²) in [6.07, 6.45) is 0. The van der Waals surface area contributed by atoms with E-state index in [1.54, 1.807) is 13.0 Å². The van der Waals surface area contributed by atoms with Crippen LogP contribution in [0.25, 0.3) is 0 Å². The molecule has 4 heteroatoms. The third-order valence-electron chi connectivity index (χ3n) is 1.91. The van der Waals surface area contributed by atoms with Gasteiger partial charge in [-0.1, -0.05) is 0 Å². The maximum Gasteiger partial charge on any atom is 0.221 e. The molecule has 0 unspecified atom stereocenters. The van der Waals surface area contributed by atoms with Gasteiger partial charge in [-0.25, -0.2) is 0 Å². The van der Waals surface area contributed by atoms with E-state index in [0.717, 1.165) is 0 Å². The quantitative estimate of drug-likeness (QED) is 0.801. The molecule has 1 aromatic carbocycles. The number of rotatable bonds is 3. The van der Waals surface area contributed by atoms with Crippen molar-refractivity contribution in [1.29, 1.82) is 0 Å². The van der Waals surface area contributed by atoms with Gasteiger partial charge in [-0.3, -0.25) is 4.79 Å². The van der Waals surface area contributed by atoms with E-state index >= 15 is 0 Å². The average molecular weight is 209 g/mol. The van der Waals surface area contributed by atoms with E-state index in [1.807, 2.05) is 6.92 Å². The second kappa shape index (κ2) is 4.68. The second-order valence-electron chi connectivity index (χ2n) is 3.25. The molecule has 0 saturated carbocycles. The molecule has 0 atom stereocenters. The zero-order chi connectivity index (χ0) is 11.4. The van der Waals surface area contributed by atoms with Crippen molar-refractivity contribution in [2.45, 2.75) is 20.8 Å². The molecule has 0 aliphatic heterocycles. The van der Waals surface area contributed by atoms with Crippen molar-refractivity contribution in [3.05, 3.63) is 17.7 Å². The number of aromatic hydroxyl groups is 1. The van der Waals surface area contributed by atoms with Crippen LogP contribution in [0.5, 0.6) is 11.5 Å². The van der Waals surface area contributed by atoms with Crippen LogP contribution in [0.2, 0.25) is 0 Å². The summed E-state index contributed by atoms with van der Waals surface area (Å²) in [5.74, 6) is 0.518. The van der Waals surface area contributed by atoms with Gasteiger partial charge in [0, 0.05) is 13.0 Å².